The lowest BCUT2D eigenvalue weighted by Crippen LogP contribution is -2.58. The summed E-state index contributed by atoms with van der Waals surface area (Å²) in [6, 6.07) is 0. The van der Waals surface area contributed by atoms with E-state index in [-0.39, 0.29) is 0 Å². The van der Waals surface area contributed by atoms with E-state index in [0.29, 0.717) is 0 Å². The highest BCUT2D eigenvalue weighted by atomic mass is 19.1. The van der Waals surface area contributed by atoms with Crippen LogP contribution in [-0.4, -0.2) is 48.7 Å². The molecule has 0 radical (unpaired) electrons. The van der Waals surface area contributed by atoms with E-state index in [4.69, 9.17) is 14.2 Å². The highest BCUT2D eigenvalue weighted by Crippen LogP contribution is 2.29. The number of rotatable bonds is 3. The largest absolute Gasteiger partial charge is 0.456 e. The van der Waals surface area contributed by atoms with E-state index in [9.17, 15) is 18.8 Å². The van der Waals surface area contributed by atoms with Crippen molar-refractivity contribution in [1.82, 2.24) is 0 Å². The lowest BCUT2D eigenvalue weighted by molar-refractivity contribution is -0.276. The molecule has 0 amide bonds. The molecule has 1 fully saturated rings. The topological polar surface area (TPSA) is 88.1 Å². The maximum atomic E-state index is 14.2. The highest BCUT2D eigenvalue weighted by molar-refractivity contribution is 5.68. The van der Waals surface area contributed by atoms with Gasteiger partial charge in [0.15, 0.2) is 12.2 Å². The molecule has 7 nitrogen and oxygen atoms in total. The zero-order valence-corrected chi connectivity index (χ0v) is 11.6. The molecule has 0 unspecified atom stereocenters. The van der Waals surface area contributed by atoms with Gasteiger partial charge in [0.05, 0.1) is 6.10 Å². The third-order valence-corrected chi connectivity index (χ3v) is 2.60. The number of ether oxygens (including phenoxy) is 4. The van der Waals surface area contributed by atoms with E-state index in [1.54, 1.807) is 0 Å². The molecule has 1 aliphatic rings. The van der Waals surface area contributed by atoms with E-state index >= 15 is 0 Å². The number of carbonyl (C=O) groups excluding carboxylic acids is 3. The minimum atomic E-state index is -1.96. The Morgan fingerprint density at radius 3 is 1.80 bits per heavy atom. The van der Waals surface area contributed by atoms with E-state index in [2.05, 4.69) is 4.74 Å². The molecule has 0 saturated carbocycles. The van der Waals surface area contributed by atoms with Gasteiger partial charge in [-0.15, -0.1) is 0 Å². The molecule has 1 rings (SSSR count). The van der Waals surface area contributed by atoms with Crippen molar-refractivity contribution >= 4 is 17.9 Å². The van der Waals surface area contributed by atoms with E-state index in [0.717, 1.165) is 20.8 Å². The van der Waals surface area contributed by atoms with Gasteiger partial charge in [-0.05, 0) is 6.92 Å². The molecule has 1 saturated heterocycles. The fourth-order valence-corrected chi connectivity index (χ4v) is 1.90. The highest BCUT2D eigenvalue weighted by Gasteiger charge is 2.50. The predicted molar refractivity (Wildman–Crippen MR) is 62.1 cm³/mol. The summed E-state index contributed by atoms with van der Waals surface area (Å²) in [5.41, 5.74) is 0. The van der Waals surface area contributed by atoms with Crippen molar-refractivity contribution in [3.05, 3.63) is 0 Å². The van der Waals surface area contributed by atoms with Gasteiger partial charge >= 0.3 is 17.9 Å². The molecule has 0 bridgehead atoms. The van der Waals surface area contributed by atoms with Crippen LogP contribution in [0.2, 0.25) is 0 Å². The number of halogens is 1. The lowest BCUT2D eigenvalue weighted by Gasteiger charge is -2.40. The first-order valence-corrected chi connectivity index (χ1v) is 6.03. The van der Waals surface area contributed by atoms with Crippen LogP contribution >= 0.6 is 0 Å². The fourth-order valence-electron chi connectivity index (χ4n) is 1.90. The Balaban J connectivity index is 2.93. The van der Waals surface area contributed by atoms with Crippen LogP contribution in [0.1, 0.15) is 27.7 Å². The summed E-state index contributed by atoms with van der Waals surface area (Å²) in [5.74, 6) is -2.15. The second-order valence-corrected chi connectivity index (χ2v) is 4.41. The van der Waals surface area contributed by atoms with Gasteiger partial charge in [-0.1, -0.05) is 0 Å². The number of carbonyl (C=O) groups is 3. The van der Waals surface area contributed by atoms with Crippen molar-refractivity contribution in [1.29, 1.82) is 0 Å². The van der Waals surface area contributed by atoms with Crippen LogP contribution in [0.15, 0.2) is 0 Å². The zero-order chi connectivity index (χ0) is 15.4. The van der Waals surface area contributed by atoms with Gasteiger partial charge in [0.25, 0.3) is 0 Å². The normalized spacial score (nSPS) is 33.1. The van der Waals surface area contributed by atoms with Crippen molar-refractivity contribution in [2.24, 2.45) is 0 Å². The maximum Gasteiger partial charge on any atom is 0.305 e. The molecule has 114 valence electrons. The first-order chi connectivity index (χ1) is 9.22. The average molecular weight is 292 g/mol. The van der Waals surface area contributed by atoms with E-state index in [1.165, 1.54) is 6.92 Å². The average Bonchev–Trinajstić information content (AvgIpc) is 2.28. The van der Waals surface area contributed by atoms with Gasteiger partial charge < -0.3 is 18.9 Å². The smallest absolute Gasteiger partial charge is 0.305 e. The fraction of sp³-hybridized carbons (Fsp3) is 0.750. The molecule has 1 heterocycles. The summed E-state index contributed by atoms with van der Waals surface area (Å²) >= 11 is 0. The Morgan fingerprint density at radius 2 is 1.35 bits per heavy atom. The molecule has 5 atom stereocenters. The summed E-state index contributed by atoms with van der Waals surface area (Å²) in [4.78, 5) is 33.0. The predicted octanol–water partition coefficient (Wildman–Crippen LogP) is 0.496. The summed E-state index contributed by atoms with van der Waals surface area (Å²) in [5, 5.41) is 0. The third-order valence-electron chi connectivity index (χ3n) is 2.60. The van der Waals surface area contributed by atoms with Gasteiger partial charge in [0.2, 0.25) is 12.5 Å². The Bertz CT molecular complexity index is 397. The van der Waals surface area contributed by atoms with Crippen LogP contribution in [0.5, 0.6) is 0 Å². The maximum absolute atomic E-state index is 14.2. The second-order valence-electron chi connectivity index (χ2n) is 4.41. The Morgan fingerprint density at radius 1 is 0.900 bits per heavy atom. The second kappa shape index (κ2) is 6.65. The third kappa shape index (κ3) is 4.16. The molecule has 0 aromatic carbocycles. The van der Waals surface area contributed by atoms with Crippen LogP contribution in [-0.2, 0) is 33.3 Å². The van der Waals surface area contributed by atoms with Crippen molar-refractivity contribution in [2.45, 2.75) is 58.5 Å². The van der Waals surface area contributed by atoms with Gasteiger partial charge in [-0.25, -0.2) is 4.39 Å². The number of esters is 3. The minimum absolute atomic E-state index is 0.666. The molecule has 0 N–H and O–H groups in total. The first kappa shape index (κ1) is 16.4. The van der Waals surface area contributed by atoms with E-state index in [1.807, 2.05) is 0 Å². The Labute approximate surface area is 115 Å². The number of alkyl halides is 1. The van der Waals surface area contributed by atoms with Gasteiger partial charge in [-0.3, -0.25) is 14.4 Å². The Kier molecular flexibility index (Phi) is 5.43. The summed E-state index contributed by atoms with van der Waals surface area (Å²) in [7, 11) is 0. The number of hydrogen-bond acceptors (Lipinski definition) is 7. The summed E-state index contributed by atoms with van der Waals surface area (Å²) in [6.07, 6.45) is -6.79. The standard InChI is InChI=1S/C12H17FO7/c1-5-10(18-6(2)14)11(19-7(3)15)9(13)12(17-5)20-8(4)16/h5,9-12H,1-4H3/t5-,9+,10-,11-,12-/m0/s1. The van der Waals surface area contributed by atoms with Crippen LogP contribution in [0.4, 0.5) is 4.39 Å². The molecule has 0 spiro atoms. The monoisotopic (exact) mass is 292 g/mol. The first-order valence-electron chi connectivity index (χ1n) is 6.03. The van der Waals surface area contributed by atoms with Crippen molar-refractivity contribution in [2.75, 3.05) is 0 Å². The Hall–Kier alpha value is -1.70. The van der Waals surface area contributed by atoms with Crippen LogP contribution < -0.4 is 0 Å². The molecule has 0 aromatic heterocycles. The SMILES string of the molecule is CC(=O)O[C@@H]1O[C@@H](C)[C@H](OC(C)=O)[C@@H](OC(C)=O)[C@H]1F. The van der Waals surface area contributed by atoms with Crippen molar-refractivity contribution < 1.29 is 37.7 Å². The molecular weight excluding hydrogens is 275 g/mol. The molecule has 20 heavy (non-hydrogen) atoms. The van der Waals surface area contributed by atoms with Gasteiger partial charge in [0, 0.05) is 20.8 Å². The van der Waals surface area contributed by atoms with Crippen LogP contribution in [0, 0.1) is 0 Å². The van der Waals surface area contributed by atoms with E-state index < -0.39 is 48.7 Å². The zero-order valence-electron chi connectivity index (χ0n) is 11.6. The van der Waals surface area contributed by atoms with Crippen LogP contribution in [0.3, 0.4) is 0 Å². The van der Waals surface area contributed by atoms with Gasteiger partial charge in [0.1, 0.15) is 0 Å². The molecule has 0 aromatic rings. The van der Waals surface area contributed by atoms with Crippen molar-refractivity contribution in [3.8, 4) is 0 Å². The molecule has 1 aliphatic heterocycles. The molecular formula is C12H17FO7. The minimum Gasteiger partial charge on any atom is -0.456 e. The quantitative estimate of drug-likeness (QED) is 0.552. The van der Waals surface area contributed by atoms with Gasteiger partial charge in [-0.2, -0.15) is 0 Å². The van der Waals surface area contributed by atoms with Crippen molar-refractivity contribution in [3.63, 3.8) is 0 Å². The van der Waals surface area contributed by atoms with Crippen LogP contribution in [0.25, 0.3) is 0 Å². The molecule has 0 aliphatic carbocycles. The summed E-state index contributed by atoms with van der Waals surface area (Å²) < 4.78 is 33.8. The summed E-state index contributed by atoms with van der Waals surface area (Å²) in [6.45, 7) is 4.83. The number of hydrogen-bond donors (Lipinski definition) is 0. The lowest BCUT2D eigenvalue weighted by atomic mass is 10.00. The molecule has 8 heteroatoms.